The number of benzene rings is 1. The minimum absolute atomic E-state index is 0.0319. The van der Waals surface area contributed by atoms with Crippen LogP contribution in [-0.4, -0.2) is 15.9 Å². The highest BCUT2D eigenvalue weighted by Crippen LogP contribution is 2.26. The molecule has 24 heavy (non-hydrogen) atoms. The Kier molecular flexibility index (Phi) is 4.89. The van der Waals surface area contributed by atoms with Gasteiger partial charge in [0, 0.05) is 12.3 Å². The van der Waals surface area contributed by atoms with Gasteiger partial charge in [0.15, 0.2) is 0 Å². The van der Waals surface area contributed by atoms with Crippen LogP contribution in [0, 0.1) is 32.1 Å². The number of para-hydroxylation sites is 1. The minimum atomic E-state index is -0.480. The summed E-state index contributed by atoms with van der Waals surface area (Å²) in [5.74, 6) is -0.165. The zero-order chi connectivity index (χ0) is 18.0. The number of rotatable bonds is 3. The first kappa shape index (κ1) is 17.5. The topological polar surface area (TPSA) is 78.4 Å². The number of aromatic nitrogens is 1. The van der Waals surface area contributed by atoms with Crippen LogP contribution in [0.15, 0.2) is 28.0 Å². The summed E-state index contributed by atoms with van der Waals surface area (Å²) in [7, 11) is 0. The molecular formula is C19H21N3O2. The Hall–Kier alpha value is -2.87. The maximum Gasteiger partial charge on any atom is 0.271 e. The predicted molar refractivity (Wildman–Crippen MR) is 95.4 cm³/mol. The second kappa shape index (κ2) is 6.71. The van der Waals surface area contributed by atoms with E-state index in [1.807, 2.05) is 38.1 Å². The van der Waals surface area contributed by atoms with Crippen LogP contribution in [0.3, 0.4) is 0 Å². The van der Waals surface area contributed by atoms with E-state index in [2.05, 4.69) is 4.99 Å². The summed E-state index contributed by atoms with van der Waals surface area (Å²) in [6, 6.07) is 7.55. The molecule has 0 fully saturated rings. The van der Waals surface area contributed by atoms with E-state index in [-0.39, 0.29) is 17.5 Å². The molecule has 0 saturated heterocycles. The van der Waals surface area contributed by atoms with Gasteiger partial charge < -0.3 is 5.11 Å². The molecular weight excluding hydrogens is 302 g/mol. The maximum absolute atomic E-state index is 12.4. The number of aliphatic imine (C=N–C) groups is 1. The second-order valence-electron chi connectivity index (χ2n) is 6.12. The first-order valence-corrected chi connectivity index (χ1v) is 7.78. The van der Waals surface area contributed by atoms with E-state index in [1.165, 1.54) is 10.8 Å². The van der Waals surface area contributed by atoms with Gasteiger partial charge in [-0.05, 0) is 51.3 Å². The van der Waals surface area contributed by atoms with Crippen molar-refractivity contribution in [1.82, 2.24) is 4.57 Å². The average molecular weight is 323 g/mol. The highest BCUT2D eigenvalue weighted by molar-refractivity contribution is 5.88. The molecule has 1 aromatic carbocycles. The predicted octanol–water partition coefficient (Wildman–Crippen LogP) is 3.68. The molecule has 0 aliphatic rings. The molecule has 1 aromatic heterocycles. The second-order valence-corrected chi connectivity index (χ2v) is 6.12. The average Bonchev–Trinajstić information content (AvgIpc) is 2.49. The molecule has 5 heteroatoms. The quantitative estimate of drug-likeness (QED) is 0.875. The van der Waals surface area contributed by atoms with Gasteiger partial charge in [-0.1, -0.05) is 18.2 Å². The molecule has 0 bridgehead atoms. The van der Waals surface area contributed by atoms with Crippen LogP contribution in [0.5, 0.6) is 5.88 Å². The lowest BCUT2D eigenvalue weighted by Gasteiger charge is -2.16. The molecule has 0 saturated carbocycles. The van der Waals surface area contributed by atoms with Crippen molar-refractivity contribution in [2.24, 2.45) is 4.99 Å². The fourth-order valence-corrected chi connectivity index (χ4v) is 2.71. The van der Waals surface area contributed by atoms with Crippen molar-refractivity contribution in [3.8, 4) is 11.9 Å². The first-order valence-electron chi connectivity index (χ1n) is 7.78. The summed E-state index contributed by atoms with van der Waals surface area (Å²) < 4.78 is 1.22. The SMILES string of the molecule is Cc1cccc(C)c1N=Cc1c(C)c(C#N)c(=O)n(C(C)C)c1O. The molecule has 5 nitrogen and oxygen atoms in total. The van der Waals surface area contributed by atoms with Crippen molar-refractivity contribution in [2.45, 2.75) is 40.7 Å². The standard InChI is InChI=1S/C19H21N3O2/c1-11(2)22-18(23)15(9-20)14(5)16(19(22)24)10-21-17-12(3)7-6-8-13(17)4/h6-8,10-11,24H,1-5H3. The van der Waals surface area contributed by atoms with Gasteiger partial charge in [0.2, 0.25) is 5.88 Å². The number of nitriles is 1. The molecule has 0 radical (unpaired) electrons. The number of hydrogen-bond donors (Lipinski definition) is 1. The summed E-state index contributed by atoms with van der Waals surface area (Å²) in [5.41, 5.74) is 3.23. The highest BCUT2D eigenvalue weighted by atomic mass is 16.3. The van der Waals surface area contributed by atoms with E-state index in [0.29, 0.717) is 11.1 Å². The molecule has 124 valence electrons. The van der Waals surface area contributed by atoms with Gasteiger partial charge in [0.05, 0.1) is 11.3 Å². The summed E-state index contributed by atoms with van der Waals surface area (Å²) in [4.78, 5) is 16.8. The monoisotopic (exact) mass is 323 g/mol. The van der Waals surface area contributed by atoms with E-state index < -0.39 is 5.56 Å². The Morgan fingerprint density at radius 3 is 2.33 bits per heavy atom. The highest BCUT2D eigenvalue weighted by Gasteiger charge is 2.19. The lowest BCUT2D eigenvalue weighted by Crippen LogP contribution is -2.26. The normalized spacial score (nSPS) is 11.2. The van der Waals surface area contributed by atoms with E-state index >= 15 is 0 Å². The number of aromatic hydroxyl groups is 1. The number of hydrogen-bond acceptors (Lipinski definition) is 4. The van der Waals surface area contributed by atoms with Crippen molar-refractivity contribution in [2.75, 3.05) is 0 Å². The van der Waals surface area contributed by atoms with Gasteiger partial charge in [0.1, 0.15) is 11.6 Å². The molecule has 0 atom stereocenters. The van der Waals surface area contributed by atoms with Crippen LogP contribution in [-0.2, 0) is 0 Å². The molecule has 1 N–H and O–H groups in total. The van der Waals surface area contributed by atoms with E-state index in [1.54, 1.807) is 20.8 Å². The largest absolute Gasteiger partial charge is 0.494 e. The summed E-state index contributed by atoms with van der Waals surface area (Å²) >= 11 is 0. The maximum atomic E-state index is 12.4. The molecule has 2 rings (SSSR count). The fraction of sp³-hybridized carbons (Fsp3) is 0.316. The van der Waals surface area contributed by atoms with Crippen molar-refractivity contribution in [3.63, 3.8) is 0 Å². The number of nitrogens with zero attached hydrogens (tertiary/aromatic N) is 3. The molecule has 2 aromatic rings. The van der Waals surface area contributed by atoms with Crippen molar-refractivity contribution in [3.05, 3.63) is 56.4 Å². The summed E-state index contributed by atoms with van der Waals surface area (Å²) in [5, 5.41) is 19.8. The van der Waals surface area contributed by atoms with E-state index in [9.17, 15) is 15.2 Å². The van der Waals surface area contributed by atoms with Crippen LogP contribution in [0.4, 0.5) is 5.69 Å². The Morgan fingerprint density at radius 2 is 1.83 bits per heavy atom. The van der Waals surface area contributed by atoms with Crippen LogP contribution in [0.2, 0.25) is 0 Å². The Morgan fingerprint density at radius 1 is 1.25 bits per heavy atom. The molecule has 0 spiro atoms. The zero-order valence-electron chi connectivity index (χ0n) is 14.6. The fourth-order valence-electron chi connectivity index (χ4n) is 2.71. The smallest absolute Gasteiger partial charge is 0.271 e. The van der Waals surface area contributed by atoms with Crippen LogP contribution in [0.1, 0.15) is 47.7 Å². The van der Waals surface area contributed by atoms with Gasteiger partial charge in [-0.3, -0.25) is 14.4 Å². The number of pyridine rings is 1. The molecule has 0 aliphatic heterocycles. The van der Waals surface area contributed by atoms with Crippen molar-refractivity contribution in [1.29, 1.82) is 5.26 Å². The number of aryl methyl sites for hydroxylation is 2. The Balaban J connectivity index is 2.72. The van der Waals surface area contributed by atoms with Gasteiger partial charge in [-0.15, -0.1) is 0 Å². The lowest BCUT2D eigenvalue weighted by molar-refractivity contribution is 0.386. The Bertz CT molecular complexity index is 895. The van der Waals surface area contributed by atoms with Gasteiger partial charge in [-0.25, -0.2) is 0 Å². The zero-order valence-corrected chi connectivity index (χ0v) is 14.6. The molecule has 0 unspecified atom stereocenters. The first-order chi connectivity index (χ1) is 11.3. The van der Waals surface area contributed by atoms with Crippen LogP contribution in [0.25, 0.3) is 0 Å². The van der Waals surface area contributed by atoms with Crippen molar-refractivity contribution >= 4 is 11.9 Å². The van der Waals surface area contributed by atoms with Gasteiger partial charge in [0.25, 0.3) is 5.56 Å². The van der Waals surface area contributed by atoms with Gasteiger partial charge >= 0.3 is 0 Å². The van der Waals surface area contributed by atoms with Crippen LogP contribution < -0.4 is 5.56 Å². The molecule has 0 aliphatic carbocycles. The summed E-state index contributed by atoms with van der Waals surface area (Å²) in [6.07, 6.45) is 1.53. The molecule has 0 amide bonds. The van der Waals surface area contributed by atoms with Crippen LogP contribution >= 0.6 is 0 Å². The van der Waals surface area contributed by atoms with Crippen molar-refractivity contribution < 1.29 is 5.11 Å². The lowest BCUT2D eigenvalue weighted by atomic mass is 10.1. The van der Waals surface area contributed by atoms with E-state index in [4.69, 9.17) is 0 Å². The van der Waals surface area contributed by atoms with Gasteiger partial charge in [-0.2, -0.15) is 5.26 Å². The Labute approximate surface area is 141 Å². The minimum Gasteiger partial charge on any atom is -0.494 e. The third kappa shape index (κ3) is 2.95. The summed E-state index contributed by atoms with van der Waals surface area (Å²) in [6.45, 7) is 9.13. The third-order valence-electron chi connectivity index (χ3n) is 4.07. The molecule has 1 heterocycles. The van der Waals surface area contributed by atoms with E-state index in [0.717, 1.165) is 16.8 Å². The third-order valence-corrected chi connectivity index (χ3v) is 4.07.